The first-order valence-corrected chi connectivity index (χ1v) is 13.0. The van der Waals surface area contributed by atoms with Crippen LogP contribution in [0, 0.1) is 18.8 Å². The van der Waals surface area contributed by atoms with Crippen LogP contribution in [0.2, 0.25) is 0 Å². The molecule has 7 nitrogen and oxygen atoms in total. The first-order chi connectivity index (χ1) is 16.9. The van der Waals surface area contributed by atoms with Gasteiger partial charge in [0.2, 0.25) is 23.6 Å². The predicted octanol–water partition coefficient (Wildman–Crippen LogP) is 3.50. The van der Waals surface area contributed by atoms with Gasteiger partial charge in [-0.1, -0.05) is 55.7 Å². The largest absolute Gasteiger partial charge is 0.352 e. The van der Waals surface area contributed by atoms with Gasteiger partial charge in [-0.15, -0.1) is 0 Å². The first kappa shape index (κ1) is 25.1. The van der Waals surface area contributed by atoms with E-state index in [2.05, 4.69) is 5.32 Å². The van der Waals surface area contributed by atoms with Crippen molar-refractivity contribution in [1.29, 1.82) is 0 Å². The summed E-state index contributed by atoms with van der Waals surface area (Å²) in [6.07, 6.45) is 10.5. The Balaban J connectivity index is 1.45. The Kier molecular flexibility index (Phi) is 8.04. The van der Waals surface area contributed by atoms with Gasteiger partial charge in [0, 0.05) is 25.6 Å². The maximum Gasteiger partial charge on any atom is 0.242 e. The lowest BCUT2D eigenvalue weighted by molar-refractivity contribution is -0.144. The van der Waals surface area contributed by atoms with Crippen LogP contribution in [0.15, 0.2) is 36.4 Å². The van der Waals surface area contributed by atoms with E-state index in [1.165, 1.54) is 11.3 Å². The molecule has 188 valence electrons. The number of carbonyl (C=O) groups is 4. The van der Waals surface area contributed by atoms with E-state index in [0.29, 0.717) is 19.4 Å². The molecule has 0 radical (unpaired) electrons. The van der Waals surface area contributed by atoms with Crippen LogP contribution < -0.4 is 5.32 Å². The van der Waals surface area contributed by atoms with Crippen LogP contribution in [-0.2, 0) is 25.7 Å². The van der Waals surface area contributed by atoms with Crippen LogP contribution in [-0.4, -0.2) is 52.1 Å². The number of likely N-dealkylation sites (tertiary alicyclic amines) is 1. The monoisotopic (exact) mass is 479 g/mol. The highest BCUT2D eigenvalue weighted by Gasteiger charge is 2.47. The molecule has 0 unspecified atom stereocenters. The molecule has 3 aliphatic rings. The zero-order valence-corrected chi connectivity index (χ0v) is 20.9. The fraction of sp³-hybridized carbons (Fsp3) is 0.571. The van der Waals surface area contributed by atoms with E-state index in [1.54, 1.807) is 11.8 Å². The van der Waals surface area contributed by atoms with Crippen LogP contribution >= 0.6 is 0 Å². The second kappa shape index (κ2) is 11.2. The molecule has 1 heterocycles. The number of nitrogens with one attached hydrogen (secondary N) is 1. The molecule has 1 aromatic carbocycles. The highest BCUT2D eigenvalue weighted by atomic mass is 16.2. The molecule has 4 rings (SSSR count). The summed E-state index contributed by atoms with van der Waals surface area (Å²) in [5.41, 5.74) is 2.02. The summed E-state index contributed by atoms with van der Waals surface area (Å²) in [7, 11) is 0. The van der Waals surface area contributed by atoms with Crippen LogP contribution in [0.5, 0.6) is 0 Å². The molecule has 35 heavy (non-hydrogen) atoms. The second-order valence-corrected chi connectivity index (χ2v) is 10.2. The van der Waals surface area contributed by atoms with Gasteiger partial charge in [0.1, 0.15) is 6.04 Å². The molecule has 2 aliphatic carbocycles. The molecular formula is C28H37N3O4. The Morgan fingerprint density at radius 2 is 1.66 bits per heavy atom. The molecule has 0 spiro atoms. The molecule has 0 aromatic heterocycles. The Bertz CT molecular complexity index is 972. The molecule has 1 saturated carbocycles. The molecule has 1 saturated heterocycles. The van der Waals surface area contributed by atoms with Gasteiger partial charge in [-0.2, -0.15) is 0 Å². The summed E-state index contributed by atoms with van der Waals surface area (Å²) in [6.45, 7) is 4.12. The van der Waals surface area contributed by atoms with Crippen molar-refractivity contribution >= 4 is 23.6 Å². The molecule has 2 fully saturated rings. The van der Waals surface area contributed by atoms with Gasteiger partial charge >= 0.3 is 0 Å². The van der Waals surface area contributed by atoms with Crippen LogP contribution in [0.25, 0.3) is 0 Å². The zero-order chi connectivity index (χ0) is 24.9. The highest BCUT2D eigenvalue weighted by molar-refractivity contribution is 6.05. The van der Waals surface area contributed by atoms with Crippen LogP contribution in [0.1, 0.15) is 69.4 Å². The molecule has 4 amide bonds. The number of aryl methyl sites for hydroxylation is 1. The first-order valence-electron chi connectivity index (χ1n) is 13.0. The van der Waals surface area contributed by atoms with Crippen molar-refractivity contribution in [2.45, 2.75) is 83.8 Å². The quantitative estimate of drug-likeness (QED) is 0.457. The van der Waals surface area contributed by atoms with Crippen molar-refractivity contribution in [3.63, 3.8) is 0 Å². The second-order valence-electron chi connectivity index (χ2n) is 10.2. The van der Waals surface area contributed by atoms with Gasteiger partial charge in [-0.05, 0) is 50.7 Å². The minimum Gasteiger partial charge on any atom is -0.352 e. The third kappa shape index (κ3) is 5.65. The number of amides is 4. The van der Waals surface area contributed by atoms with Crippen LogP contribution in [0.4, 0.5) is 0 Å². The third-order valence-electron chi connectivity index (χ3n) is 7.87. The maximum atomic E-state index is 13.5. The number of rotatable bonds is 8. The van der Waals surface area contributed by atoms with Crippen molar-refractivity contribution in [2.75, 3.05) is 6.54 Å². The van der Waals surface area contributed by atoms with Crippen molar-refractivity contribution in [3.05, 3.63) is 47.5 Å². The summed E-state index contributed by atoms with van der Waals surface area (Å²) in [5.74, 6) is -1.33. The van der Waals surface area contributed by atoms with Gasteiger partial charge in [0.25, 0.3) is 0 Å². The number of allylic oxidation sites excluding steroid dienone is 2. The smallest absolute Gasteiger partial charge is 0.242 e. The predicted molar refractivity (Wildman–Crippen MR) is 133 cm³/mol. The Morgan fingerprint density at radius 3 is 2.29 bits per heavy atom. The third-order valence-corrected chi connectivity index (χ3v) is 7.87. The molecule has 0 bridgehead atoms. The normalized spacial score (nSPS) is 23.2. The number of fused-ring (bicyclic) bond motifs is 1. The average Bonchev–Trinajstić information content (AvgIpc) is 3.11. The van der Waals surface area contributed by atoms with Crippen molar-refractivity contribution in [2.24, 2.45) is 11.8 Å². The zero-order valence-electron chi connectivity index (χ0n) is 20.9. The lowest BCUT2D eigenvalue weighted by Gasteiger charge is -2.32. The lowest BCUT2D eigenvalue weighted by atomic mass is 9.85. The summed E-state index contributed by atoms with van der Waals surface area (Å²) in [6, 6.07) is 7.33. The molecule has 1 aliphatic heterocycles. The van der Waals surface area contributed by atoms with E-state index in [4.69, 9.17) is 0 Å². The number of benzene rings is 1. The van der Waals surface area contributed by atoms with Gasteiger partial charge in [0.05, 0.1) is 11.8 Å². The molecule has 3 atom stereocenters. The molecule has 1 N–H and O–H groups in total. The fourth-order valence-electron chi connectivity index (χ4n) is 5.56. The minimum atomic E-state index is -0.652. The lowest BCUT2D eigenvalue weighted by Crippen LogP contribution is -2.51. The number of nitrogens with zero attached hydrogens (tertiary/aromatic N) is 2. The highest BCUT2D eigenvalue weighted by Crippen LogP contribution is 2.35. The summed E-state index contributed by atoms with van der Waals surface area (Å²) < 4.78 is 0. The average molecular weight is 480 g/mol. The van der Waals surface area contributed by atoms with Crippen molar-refractivity contribution in [1.82, 2.24) is 15.1 Å². The standard InChI is InChI=1S/C28H37N3O4/c1-19-10-6-7-11-21(19)18-31(20(2)26(33)29-22-12-4-3-5-13-22)25(32)16-17-30-27(34)23-14-8-9-15-24(23)28(30)35/h6-11,20,22-24H,3-5,12-18H2,1-2H3,(H,29,33)/t20-,23-,24+/m0/s1. The number of hydrogen-bond acceptors (Lipinski definition) is 4. The van der Waals surface area contributed by atoms with Crippen molar-refractivity contribution in [3.8, 4) is 0 Å². The van der Waals surface area contributed by atoms with E-state index < -0.39 is 6.04 Å². The summed E-state index contributed by atoms with van der Waals surface area (Å²) in [4.78, 5) is 55.1. The summed E-state index contributed by atoms with van der Waals surface area (Å²) >= 11 is 0. The summed E-state index contributed by atoms with van der Waals surface area (Å²) in [5, 5.41) is 3.14. The van der Waals surface area contributed by atoms with Gasteiger partial charge < -0.3 is 10.2 Å². The minimum absolute atomic E-state index is 0.0112. The fourth-order valence-corrected chi connectivity index (χ4v) is 5.56. The van der Waals surface area contributed by atoms with Crippen LogP contribution in [0.3, 0.4) is 0 Å². The molecule has 1 aromatic rings. The van der Waals surface area contributed by atoms with E-state index in [1.807, 2.05) is 43.3 Å². The SMILES string of the molecule is Cc1ccccc1CN(C(=O)CCN1C(=O)[C@H]2CC=CC[C@H]2C1=O)[C@@H](C)C(=O)NC1CCCCC1. The van der Waals surface area contributed by atoms with E-state index >= 15 is 0 Å². The van der Waals surface area contributed by atoms with E-state index in [-0.39, 0.29) is 54.5 Å². The Labute approximate surface area is 207 Å². The van der Waals surface area contributed by atoms with Gasteiger partial charge in [-0.3, -0.25) is 24.1 Å². The topological polar surface area (TPSA) is 86.8 Å². The molecular weight excluding hydrogens is 442 g/mol. The van der Waals surface area contributed by atoms with Crippen molar-refractivity contribution < 1.29 is 19.2 Å². The molecule has 7 heteroatoms. The Morgan fingerprint density at radius 1 is 1.03 bits per heavy atom. The number of hydrogen-bond donors (Lipinski definition) is 1. The van der Waals surface area contributed by atoms with E-state index in [9.17, 15) is 19.2 Å². The van der Waals surface area contributed by atoms with E-state index in [0.717, 1.165) is 36.8 Å². The van der Waals surface area contributed by atoms with Gasteiger partial charge in [-0.25, -0.2) is 0 Å². The number of carbonyl (C=O) groups excluding carboxylic acids is 4. The maximum absolute atomic E-state index is 13.5. The number of imide groups is 1. The Hall–Kier alpha value is -2.96. The van der Waals surface area contributed by atoms with Gasteiger partial charge in [0.15, 0.2) is 0 Å².